The van der Waals surface area contributed by atoms with E-state index in [0.717, 1.165) is 53.0 Å². The molecule has 0 aromatic heterocycles. The lowest BCUT2D eigenvalue weighted by Crippen LogP contribution is -2.44. The van der Waals surface area contributed by atoms with Gasteiger partial charge < -0.3 is 19.9 Å². The number of aliphatic hydroxyl groups is 1. The molecule has 0 spiro atoms. The van der Waals surface area contributed by atoms with Gasteiger partial charge in [0.2, 0.25) is 0 Å². The number of hydrogen-bond donors (Lipinski definition) is 2. The molecule has 7 rings (SSSR count). The number of carbonyl (C=O) groups is 1. The molecule has 0 bridgehead atoms. The van der Waals surface area contributed by atoms with Crippen LogP contribution < -0.4 is 5.32 Å². The van der Waals surface area contributed by atoms with Crippen LogP contribution in [0, 0.1) is 5.92 Å². The van der Waals surface area contributed by atoms with Gasteiger partial charge in [-0.05, 0) is 51.1 Å². The van der Waals surface area contributed by atoms with E-state index in [1.54, 1.807) is 0 Å². The molecular formula is C47H46N2O4. The minimum atomic E-state index is -0.580. The van der Waals surface area contributed by atoms with Crippen molar-refractivity contribution in [3.8, 4) is 11.1 Å². The van der Waals surface area contributed by atoms with Crippen LogP contribution in [0.2, 0.25) is 0 Å². The van der Waals surface area contributed by atoms with Crippen LogP contribution >= 0.6 is 0 Å². The first-order valence-corrected chi connectivity index (χ1v) is 18.4. The number of nitrogens with one attached hydrogen (secondary N) is 1. The molecule has 4 unspecified atom stereocenters. The number of nitrogens with zero attached hydrogens (tertiary/aromatic N) is 1. The maximum Gasteiger partial charge on any atom is 0.251 e. The smallest absolute Gasteiger partial charge is 0.251 e. The fourth-order valence-electron chi connectivity index (χ4n) is 7.09. The van der Waals surface area contributed by atoms with Gasteiger partial charge in [0.1, 0.15) is 0 Å². The molecule has 6 nitrogen and oxygen atoms in total. The summed E-state index contributed by atoms with van der Waals surface area (Å²) in [4.78, 5) is 15.3. The fourth-order valence-corrected chi connectivity index (χ4v) is 7.09. The van der Waals surface area contributed by atoms with Gasteiger partial charge in [-0.3, -0.25) is 9.69 Å². The van der Waals surface area contributed by atoms with Crippen LogP contribution in [0.4, 0.5) is 0 Å². The highest BCUT2D eigenvalue weighted by molar-refractivity contribution is 5.94. The van der Waals surface area contributed by atoms with E-state index in [9.17, 15) is 9.90 Å². The van der Waals surface area contributed by atoms with Gasteiger partial charge in [-0.25, -0.2) is 0 Å². The molecule has 4 atom stereocenters. The summed E-state index contributed by atoms with van der Waals surface area (Å²) in [5.74, 6) is -0.0460. The Morgan fingerprint density at radius 2 is 1.21 bits per heavy atom. The van der Waals surface area contributed by atoms with Crippen molar-refractivity contribution < 1.29 is 19.4 Å². The zero-order valence-corrected chi connectivity index (χ0v) is 30.1. The summed E-state index contributed by atoms with van der Waals surface area (Å²) in [5.41, 5.74) is 9.17. The average molecular weight is 703 g/mol. The Bertz CT molecular complexity index is 2000. The molecule has 2 N–H and O–H groups in total. The number of hydrogen-bond acceptors (Lipinski definition) is 5. The van der Waals surface area contributed by atoms with Gasteiger partial charge in [0.15, 0.2) is 6.29 Å². The molecule has 1 amide bonds. The average Bonchev–Trinajstić information content (AvgIpc) is 3.22. The van der Waals surface area contributed by atoms with Gasteiger partial charge in [-0.1, -0.05) is 159 Å². The predicted molar refractivity (Wildman–Crippen MR) is 209 cm³/mol. The summed E-state index contributed by atoms with van der Waals surface area (Å²) < 4.78 is 13.7. The monoisotopic (exact) mass is 702 g/mol. The SMILES string of the molecule is CC1C(CN(Cc2ccccc2)Cc2ccccc2)OC(c2ccc(-c3ccccc3CNC(=O)c3ccccc3)cc2)OC1c1ccc(CO)cc1. The fraction of sp³-hybridized carbons (Fsp3) is 0.213. The first kappa shape index (κ1) is 36.0. The molecule has 1 saturated heterocycles. The molecule has 1 fully saturated rings. The third kappa shape index (κ3) is 9.17. The highest BCUT2D eigenvalue weighted by atomic mass is 16.7. The second-order valence-corrected chi connectivity index (χ2v) is 13.8. The van der Waals surface area contributed by atoms with Crippen molar-refractivity contribution in [3.05, 3.63) is 203 Å². The molecule has 6 aromatic carbocycles. The molecule has 0 saturated carbocycles. The maximum atomic E-state index is 12.8. The quantitative estimate of drug-likeness (QED) is 0.126. The van der Waals surface area contributed by atoms with E-state index in [1.807, 2.05) is 54.6 Å². The van der Waals surface area contributed by atoms with Gasteiger partial charge in [0.05, 0.1) is 18.8 Å². The molecule has 0 aliphatic carbocycles. The van der Waals surface area contributed by atoms with E-state index in [0.29, 0.717) is 12.1 Å². The van der Waals surface area contributed by atoms with Crippen LogP contribution in [-0.2, 0) is 35.7 Å². The summed E-state index contributed by atoms with van der Waals surface area (Å²) in [7, 11) is 0. The second-order valence-electron chi connectivity index (χ2n) is 13.8. The maximum absolute atomic E-state index is 12.8. The first-order chi connectivity index (χ1) is 26.0. The summed E-state index contributed by atoms with van der Waals surface area (Å²) in [6, 6.07) is 55.1. The van der Waals surface area contributed by atoms with Crippen LogP contribution in [0.5, 0.6) is 0 Å². The predicted octanol–water partition coefficient (Wildman–Crippen LogP) is 9.27. The summed E-state index contributed by atoms with van der Waals surface area (Å²) >= 11 is 0. The van der Waals surface area contributed by atoms with Crippen LogP contribution in [0.3, 0.4) is 0 Å². The largest absolute Gasteiger partial charge is 0.392 e. The van der Waals surface area contributed by atoms with Gasteiger partial charge in [0, 0.05) is 43.2 Å². The molecule has 268 valence electrons. The Balaban J connectivity index is 1.14. The van der Waals surface area contributed by atoms with Gasteiger partial charge in [-0.15, -0.1) is 0 Å². The standard InChI is InChI=1S/C47H46N2O4/c1-34-44(32-49(30-35-13-5-2-6-14-35)31-36-15-7-3-8-16-36)52-47(53-45(34)39-23-21-37(33-50)22-24-39)41-27-25-38(26-28-41)43-20-12-11-19-42(43)29-48-46(51)40-17-9-4-10-18-40/h2-28,34,44-45,47,50H,29-33H2,1H3,(H,48,51). The number of benzene rings is 6. The minimum Gasteiger partial charge on any atom is -0.392 e. The van der Waals surface area contributed by atoms with E-state index in [1.165, 1.54) is 11.1 Å². The Kier molecular flexibility index (Phi) is 11.8. The lowest BCUT2D eigenvalue weighted by Gasteiger charge is -2.43. The Morgan fingerprint density at radius 3 is 1.83 bits per heavy atom. The van der Waals surface area contributed by atoms with E-state index in [-0.39, 0.29) is 30.6 Å². The van der Waals surface area contributed by atoms with Crippen LogP contribution in [0.15, 0.2) is 164 Å². The number of amides is 1. The lowest BCUT2D eigenvalue weighted by atomic mass is 9.89. The number of carbonyl (C=O) groups excluding carboxylic acids is 1. The van der Waals surface area contributed by atoms with Crippen LogP contribution in [0.25, 0.3) is 11.1 Å². The highest BCUT2D eigenvalue weighted by Gasteiger charge is 2.39. The Labute approximate surface area is 312 Å². The molecule has 0 radical (unpaired) electrons. The van der Waals surface area contributed by atoms with E-state index < -0.39 is 6.29 Å². The van der Waals surface area contributed by atoms with E-state index in [4.69, 9.17) is 9.47 Å². The second kappa shape index (κ2) is 17.4. The topological polar surface area (TPSA) is 71.0 Å². The van der Waals surface area contributed by atoms with Crippen molar-refractivity contribution in [3.63, 3.8) is 0 Å². The van der Waals surface area contributed by atoms with Gasteiger partial charge in [0.25, 0.3) is 5.91 Å². The van der Waals surface area contributed by atoms with E-state index in [2.05, 4.69) is 126 Å². The van der Waals surface area contributed by atoms with Gasteiger partial charge in [-0.2, -0.15) is 0 Å². The van der Waals surface area contributed by atoms with Crippen LogP contribution in [0.1, 0.15) is 63.1 Å². The van der Waals surface area contributed by atoms with Crippen molar-refractivity contribution in [2.75, 3.05) is 6.54 Å². The molecule has 6 heteroatoms. The summed E-state index contributed by atoms with van der Waals surface area (Å²) in [5, 5.41) is 12.8. The normalized spacial score (nSPS) is 18.5. The van der Waals surface area contributed by atoms with Crippen molar-refractivity contribution in [1.29, 1.82) is 0 Å². The van der Waals surface area contributed by atoms with E-state index >= 15 is 0 Å². The number of ether oxygens (including phenoxy) is 2. The minimum absolute atomic E-state index is 0.00146. The number of rotatable bonds is 13. The first-order valence-electron chi connectivity index (χ1n) is 18.4. The summed E-state index contributed by atoms with van der Waals surface area (Å²) in [6.45, 7) is 4.94. The van der Waals surface area contributed by atoms with Gasteiger partial charge >= 0.3 is 0 Å². The molecular weight excluding hydrogens is 657 g/mol. The third-order valence-electron chi connectivity index (χ3n) is 10.0. The Hall–Kier alpha value is -5.37. The van der Waals surface area contributed by atoms with Crippen molar-refractivity contribution in [2.24, 2.45) is 5.92 Å². The molecule has 1 aliphatic heterocycles. The highest BCUT2D eigenvalue weighted by Crippen LogP contribution is 2.42. The van der Waals surface area contributed by atoms with Crippen molar-refractivity contribution >= 4 is 5.91 Å². The number of aliphatic hydroxyl groups excluding tert-OH is 1. The Morgan fingerprint density at radius 1 is 0.642 bits per heavy atom. The van der Waals surface area contributed by atoms with Crippen molar-refractivity contribution in [2.45, 2.75) is 51.7 Å². The summed E-state index contributed by atoms with van der Waals surface area (Å²) in [6.07, 6.45) is -0.920. The molecule has 1 aliphatic rings. The zero-order valence-electron chi connectivity index (χ0n) is 30.1. The zero-order chi connectivity index (χ0) is 36.4. The lowest BCUT2D eigenvalue weighted by molar-refractivity contribution is -0.276. The molecule has 53 heavy (non-hydrogen) atoms. The molecule has 6 aromatic rings. The van der Waals surface area contributed by atoms with Crippen molar-refractivity contribution in [1.82, 2.24) is 10.2 Å². The van der Waals surface area contributed by atoms with Crippen LogP contribution in [-0.4, -0.2) is 28.6 Å². The molecule has 1 heterocycles. The third-order valence-corrected chi connectivity index (χ3v) is 10.0.